The molecule has 0 radical (unpaired) electrons. The molecule has 9 atom stereocenters. The molecule has 11 nitrogen and oxygen atoms in total. The van der Waals surface area contributed by atoms with Crippen LogP contribution in [-0.2, 0) is 14.3 Å². The van der Waals surface area contributed by atoms with Crippen molar-refractivity contribution >= 4 is 5.91 Å². The van der Waals surface area contributed by atoms with E-state index >= 15 is 0 Å². The molecule has 1 fully saturated rings. The smallest absolute Gasteiger partial charge is 0.249 e. The van der Waals surface area contributed by atoms with Gasteiger partial charge in [0.1, 0.15) is 36.6 Å². The second-order valence-corrected chi connectivity index (χ2v) is 22.5. The molecule has 0 bridgehead atoms. The monoisotopic (exact) mass is 1050 g/mol. The summed E-state index contributed by atoms with van der Waals surface area (Å²) in [5.74, 6) is -0.705. The third-order valence-corrected chi connectivity index (χ3v) is 15.5. The number of aliphatic hydroxyl groups is 7. The van der Waals surface area contributed by atoms with Crippen molar-refractivity contribution in [3.05, 3.63) is 24.3 Å². The lowest BCUT2D eigenvalue weighted by atomic mass is 9.98. The molecule has 0 aliphatic carbocycles. The molecule has 438 valence electrons. The summed E-state index contributed by atoms with van der Waals surface area (Å²) in [6.07, 6.45) is 52.5. The van der Waals surface area contributed by atoms with E-state index in [1.165, 1.54) is 218 Å². The van der Waals surface area contributed by atoms with E-state index in [1.54, 1.807) is 0 Å². The van der Waals surface area contributed by atoms with Crippen LogP contribution >= 0.6 is 0 Å². The lowest BCUT2D eigenvalue weighted by molar-refractivity contribution is -0.303. The number of hydrogen-bond donors (Lipinski definition) is 8. The highest BCUT2D eigenvalue weighted by Gasteiger charge is 2.44. The van der Waals surface area contributed by atoms with Gasteiger partial charge in [-0.2, -0.15) is 0 Å². The zero-order chi connectivity index (χ0) is 54.0. The van der Waals surface area contributed by atoms with E-state index in [4.69, 9.17) is 9.47 Å². The van der Waals surface area contributed by atoms with Crippen molar-refractivity contribution in [3.8, 4) is 0 Å². The van der Waals surface area contributed by atoms with Crippen molar-refractivity contribution in [1.82, 2.24) is 5.32 Å². The van der Waals surface area contributed by atoms with Gasteiger partial charge in [0.15, 0.2) is 6.29 Å². The van der Waals surface area contributed by atoms with Crippen LogP contribution in [0.4, 0.5) is 0 Å². The van der Waals surface area contributed by atoms with Crippen molar-refractivity contribution in [3.63, 3.8) is 0 Å². The Labute approximate surface area is 454 Å². The highest BCUT2D eigenvalue weighted by Crippen LogP contribution is 2.24. The number of carbonyl (C=O) groups excluding carboxylic acids is 1. The van der Waals surface area contributed by atoms with Gasteiger partial charge >= 0.3 is 0 Å². The van der Waals surface area contributed by atoms with Crippen LogP contribution in [0.5, 0.6) is 0 Å². The maximum Gasteiger partial charge on any atom is 0.249 e. The number of hydrogen-bond acceptors (Lipinski definition) is 10. The molecule has 0 saturated carbocycles. The van der Waals surface area contributed by atoms with Gasteiger partial charge in [0.05, 0.1) is 25.4 Å². The summed E-state index contributed by atoms with van der Waals surface area (Å²) in [5.41, 5.74) is 0. The van der Waals surface area contributed by atoms with Gasteiger partial charge in [-0.1, -0.05) is 276 Å². The molecule has 1 rings (SSSR count). The van der Waals surface area contributed by atoms with Crippen molar-refractivity contribution in [1.29, 1.82) is 0 Å². The fraction of sp³-hybridized carbons (Fsp3) is 0.921. The third kappa shape index (κ3) is 39.9. The molecular weight excluding hydrogens is 931 g/mol. The Bertz CT molecular complexity index is 1250. The van der Waals surface area contributed by atoms with Crippen LogP contribution in [0.25, 0.3) is 0 Å². The molecule has 8 N–H and O–H groups in total. The van der Waals surface area contributed by atoms with Crippen molar-refractivity contribution in [2.75, 3.05) is 13.2 Å². The summed E-state index contributed by atoms with van der Waals surface area (Å²) in [6, 6.07) is -1.19. The van der Waals surface area contributed by atoms with Crippen LogP contribution in [0.15, 0.2) is 24.3 Å². The number of aliphatic hydroxyl groups excluding tert-OH is 7. The predicted octanol–water partition coefficient (Wildman–Crippen LogP) is 14.1. The molecule has 1 heterocycles. The minimum Gasteiger partial charge on any atom is -0.394 e. The van der Waals surface area contributed by atoms with Crippen LogP contribution in [0.2, 0.25) is 0 Å². The van der Waals surface area contributed by atoms with E-state index in [9.17, 15) is 40.5 Å². The van der Waals surface area contributed by atoms with Gasteiger partial charge in [0, 0.05) is 0 Å². The molecule has 1 saturated heterocycles. The minimum absolute atomic E-state index is 0.249. The van der Waals surface area contributed by atoms with E-state index in [0.29, 0.717) is 19.3 Å². The Balaban J connectivity index is 2.29. The molecule has 1 aliphatic heterocycles. The van der Waals surface area contributed by atoms with Crippen molar-refractivity contribution in [2.24, 2.45) is 0 Å². The van der Waals surface area contributed by atoms with Gasteiger partial charge in [-0.3, -0.25) is 4.79 Å². The molecule has 1 amide bonds. The summed E-state index contributed by atoms with van der Waals surface area (Å²) >= 11 is 0. The maximum absolute atomic E-state index is 13.2. The Kier molecular flexibility index (Phi) is 49.9. The summed E-state index contributed by atoms with van der Waals surface area (Å²) in [6.45, 7) is 3.48. The van der Waals surface area contributed by atoms with E-state index in [2.05, 4.69) is 43.5 Å². The molecule has 0 spiro atoms. The van der Waals surface area contributed by atoms with Crippen molar-refractivity contribution in [2.45, 2.75) is 358 Å². The van der Waals surface area contributed by atoms with Crippen LogP contribution in [0.3, 0.4) is 0 Å². The number of amides is 1. The first-order valence-corrected chi connectivity index (χ1v) is 31.7. The van der Waals surface area contributed by atoms with Gasteiger partial charge in [-0.05, 0) is 51.4 Å². The Morgan fingerprint density at radius 3 is 1.20 bits per heavy atom. The summed E-state index contributed by atoms with van der Waals surface area (Å²) in [7, 11) is 0. The maximum atomic E-state index is 13.2. The second-order valence-electron chi connectivity index (χ2n) is 22.5. The first-order valence-electron chi connectivity index (χ1n) is 31.7. The van der Waals surface area contributed by atoms with Gasteiger partial charge < -0.3 is 50.5 Å². The lowest BCUT2D eigenvalue weighted by Crippen LogP contribution is -2.60. The third-order valence-electron chi connectivity index (χ3n) is 15.5. The summed E-state index contributed by atoms with van der Waals surface area (Å²) in [4.78, 5) is 13.2. The minimum atomic E-state index is -1.67. The number of carbonyl (C=O) groups is 1. The SMILES string of the molecule is CCCCCCCCCCCCCCCCCCC/C=C/CC/C=C/CCCC(O)C(O)C(COC1OC(CO)C(O)C(O)C1O)NC(=O)C(O)CCCCCCCCCCCCCCCCCCCCCCC. The average molecular weight is 1050 g/mol. The van der Waals surface area contributed by atoms with E-state index in [1.807, 2.05) is 0 Å². The summed E-state index contributed by atoms with van der Waals surface area (Å²) < 4.78 is 11.2. The number of allylic oxidation sites excluding steroid dienone is 4. The normalized spacial score (nSPS) is 19.9. The Morgan fingerprint density at radius 1 is 0.459 bits per heavy atom. The van der Waals surface area contributed by atoms with Gasteiger partial charge in [-0.25, -0.2) is 0 Å². The first-order chi connectivity index (χ1) is 36.2. The fourth-order valence-corrected chi connectivity index (χ4v) is 10.3. The topological polar surface area (TPSA) is 189 Å². The molecule has 0 aromatic rings. The zero-order valence-corrected chi connectivity index (χ0v) is 48.1. The van der Waals surface area contributed by atoms with Crippen LogP contribution < -0.4 is 5.32 Å². The standard InChI is InChI=1S/C63H121NO10/c1-3-5-7-9-11-13-15-17-19-21-23-25-26-27-28-29-31-32-34-36-38-40-42-44-46-48-50-55(66)58(68)54(53-73-63-61(71)60(70)59(69)57(52-65)74-63)64-62(72)56(67)51-49-47-45-43-41-39-37-35-33-30-24-22-20-18-16-14-12-10-8-6-4-2/h34,36,42,44,54-61,63,65-71H,3-33,35,37-41,43,45-53H2,1-2H3,(H,64,72)/b36-34+,44-42+. The van der Waals surface area contributed by atoms with Gasteiger partial charge in [0.25, 0.3) is 0 Å². The van der Waals surface area contributed by atoms with E-state index < -0.39 is 74.2 Å². The molecule has 9 unspecified atom stereocenters. The zero-order valence-electron chi connectivity index (χ0n) is 48.1. The van der Waals surface area contributed by atoms with Crippen LogP contribution in [0, 0.1) is 0 Å². The average Bonchev–Trinajstić information content (AvgIpc) is 3.40. The van der Waals surface area contributed by atoms with Gasteiger partial charge in [-0.15, -0.1) is 0 Å². The highest BCUT2D eigenvalue weighted by atomic mass is 16.7. The lowest BCUT2D eigenvalue weighted by Gasteiger charge is -2.40. The molecule has 74 heavy (non-hydrogen) atoms. The number of nitrogens with one attached hydrogen (secondary N) is 1. The van der Waals surface area contributed by atoms with Gasteiger partial charge in [0.2, 0.25) is 5.91 Å². The molecule has 0 aromatic carbocycles. The Hall–Kier alpha value is -1.41. The van der Waals surface area contributed by atoms with E-state index in [0.717, 1.165) is 38.5 Å². The largest absolute Gasteiger partial charge is 0.394 e. The van der Waals surface area contributed by atoms with Crippen LogP contribution in [-0.4, -0.2) is 110 Å². The molecular formula is C63H121NO10. The molecule has 11 heteroatoms. The predicted molar refractivity (Wildman–Crippen MR) is 307 cm³/mol. The van der Waals surface area contributed by atoms with Crippen LogP contribution in [0.1, 0.15) is 303 Å². The van der Waals surface area contributed by atoms with E-state index in [-0.39, 0.29) is 12.8 Å². The van der Waals surface area contributed by atoms with Crippen molar-refractivity contribution < 1.29 is 50.0 Å². The fourth-order valence-electron chi connectivity index (χ4n) is 10.3. The Morgan fingerprint density at radius 2 is 0.811 bits per heavy atom. The number of ether oxygens (including phenoxy) is 2. The number of unbranched alkanes of at least 4 members (excludes halogenated alkanes) is 39. The quantitative estimate of drug-likeness (QED) is 0.0215. The second kappa shape index (κ2) is 52.3. The first kappa shape index (κ1) is 70.6. The molecule has 1 aliphatic rings. The highest BCUT2D eigenvalue weighted by molar-refractivity contribution is 5.80. The number of rotatable bonds is 55. The summed E-state index contributed by atoms with van der Waals surface area (Å²) in [5, 5.41) is 76.3. The molecule has 0 aromatic heterocycles.